The summed E-state index contributed by atoms with van der Waals surface area (Å²) in [5, 5.41) is 0. The van der Waals surface area contributed by atoms with Crippen LogP contribution < -0.4 is 4.74 Å². The first-order chi connectivity index (χ1) is 10.2. The molecular formula is C16H14N2O3. The number of carbonyl (C=O) groups is 1. The average Bonchev–Trinajstić information content (AvgIpc) is 2.97. The standard InChI is InChI=1S/C16H14N2O3/c1-20-13-9-4-3-6-10(13)15-17-12-8-5-7-11(14(12)18-15)16(19)21-2/h3-9H,1-2H3,(H,17,18). The molecule has 0 saturated carbocycles. The van der Waals surface area contributed by atoms with Crippen LogP contribution in [0, 0.1) is 0 Å². The molecule has 0 aliphatic carbocycles. The van der Waals surface area contributed by atoms with Crippen molar-refractivity contribution in [1.82, 2.24) is 9.97 Å². The molecule has 0 saturated heterocycles. The number of nitrogens with one attached hydrogen (secondary N) is 1. The van der Waals surface area contributed by atoms with Gasteiger partial charge in [0.05, 0.1) is 30.9 Å². The van der Waals surface area contributed by atoms with Gasteiger partial charge >= 0.3 is 5.97 Å². The number of H-pyrrole nitrogens is 1. The van der Waals surface area contributed by atoms with Gasteiger partial charge in [0.2, 0.25) is 0 Å². The van der Waals surface area contributed by atoms with E-state index in [2.05, 4.69) is 9.97 Å². The SMILES string of the molecule is COC(=O)c1cccc2[nH]c(-c3ccccc3OC)nc12. The average molecular weight is 282 g/mol. The van der Waals surface area contributed by atoms with E-state index in [4.69, 9.17) is 9.47 Å². The molecule has 0 aliphatic heterocycles. The normalized spacial score (nSPS) is 10.6. The highest BCUT2D eigenvalue weighted by molar-refractivity contribution is 6.02. The fourth-order valence-corrected chi connectivity index (χ4v) is 2.27. The third kappa shape index (κ3) is 2.23. The van der Waals surface area contributed by atoms with E-state index in [-0.39, 0.29) is 0 Å². The molecule has 5 heteroatoms. The quantitative estimate of drug-likeness (QED) is 0.750. The maximum Gasteiger partial charge on any atom is 0.340 e. The van der Waals surface area contributed by atoms with E-state index in [1.807, 2.05) is 30.3 Å². The molecule has 21 heavy (non-hydrogen) atoms. The lowest BCUT2D eigenvalue weighted by Crippen LogP contribution is -2.01. The Balaban J connectivity index is 2.20. The summed E-state index contributed by atoms with van der Waals surface area (Å²) in [6.45, 7) is 0. The molecule has 3 aromatic rings. The third-order valence-electron chi connectivity index (χ3n) is 3.28. The number of hydrogen-bond donors (Lipinski definition) is 1. The van der Waals surface area contributed by atoms with Crippen LogP contribution in [0.2, 0.25) is 0 Å². The number of imidazole rings is 1. The van der Waals surface area contributed by atoms with Crippen molar-refractivity contribution in [3.8, 4) is 17.1 Å². The molecule has 1 aromatic heterocycles. The second-order valence-corrected chi connectivity index (χ2v) is 4.48. The summed E-state index contributed by atoms with van der Waals surface area (Å²) in [7, 11) is 2.97. The Morgan fingerprint density at radius 2 is 1.90 bits per heavy atom. The second kappa shape index (κ2) is 5.28. The Morgan fingerprint density at radius 1 is 1.10 bits per heavy atom. The lowest BCUT2D eigenvalue weighted by molar-refractivity contribution is 0.0603. The first kappa shape index (κ1) is 13.2. The van der Waals surface area contributed by atoms with Crippen LogP contribution in [0.5, 0.6) is 5.75 Å². The summed E-state index contributed by atoms with van der Waals surface area (Å²) in [6.07, 6.45) is 0. The molecular weight excluding hydrogens is 268 g/mol. The molecule has 0 spiro atoms. The smallest absolute Gasteiger partial charge is 0.340 e. The van der Waals surface area contributed by atoms with Gasteiger partial charge in [0.1, 0.15) is 17.1 Å². The van der Waals surface area contributed by atoms with Crippen molar-refractivity contribution in [2.24, 2.45) is 0 Å². The molecule has 0 unspecified atom stereocenters. The van der Waals surface area contributed by atoms with Gasteiger partial charge in [0.25, 0.3) is 0 Å². The van der Waals surface area contributed by atoms with E-state index < -0.39 is 5.97 Å². The summed E-state index contributed by atoms with van der Waals surface area (Å²) >= 11 is 0. The number of para-hydroxylation sites is 2. The van der Waals surface area contributed by atoms with E-state index in [9.17, 15) is 4.79 Å². The van der Waals surface area contributed by atoms with Crippen LogP contribution in [-0.4, -0.2) is 30.2 Å². The zero-order valence-electron chi connectivity index (χ0n) is 11.7. The number of benzene rings is 2. The monoisotopic (exact) mass is 282 g/mol. The zero-order valence-corrected chi connectivity index (χ0v) is 11.7. The Hall–Kier alpha value is -2.82. The number of carbonyl (C=O) groups excluding carboxylic acids is 1. The first-order valence-electron chi connectivity index (χ1n) is 6.45. The van der Waals surface area contributed by atoms with Crippen LogP contribution in [-0.2, 0) is 4.74 Å². The Bertz CT molecular complexity index is 808. The second-order valence-electron chi connectivity index (χ2n) is 4.48. The molecule has 3 rings (SSSR count). The molecule has 0 bridgehead atoms. The number of rotatable bonds is 3. The third-order valence-corrected chi connectivity index (χ3v) is 3.28. The van der Waals surface area contributed by atoms with E-state index in [0.29, 0.717) is 16.9 Å². The predicted molar refractivity (Wildman–Crippen MR) is 79.4 cm³/mol. The number of hydrogen-bond acceptors (Lipinski definition) is 4. The Kier molecular flexibility index (Phi) is 3.31. The highest BCUT2D eigenvalue weighted by Crippen LogP contribution is 2.29. The summed E-state index contributed by atoms with van der Waals surface area (Å²) < 4.78 is 10.1. The first-order valence-corrected chi connectivity index (χ1v) is 6.45. The van der Waals surface area contributed by atoms with E-state index in [0.717, 1.165) is 16.8 Å². The highest BCUT2D eigenvalue weighted by atomic mass is 16.5. The summed E-state index contributed by atoms with van der Waals surface area (Å²) in [4.78, 5) is 19.5. The van der Waals surface area contributed by atoms with Gasteiger partial charge < -0.3 is 14.5 Å². The number of nitrogens with zero attached hydrogens (tertiary/aromatic N) is 1. The largest absolute Gasteiger partial charge is 0.496 e. The molecule has 2 aromatic carbocycles. The molecule has 5 nitrogen and oxygen atoms in total. The van der Waals surface area contributed by atoms with Gasteiger partial charge in [-0.2, -0.15) is 0 Å². The van der Waals surface area contributed by atoms with Crippen LogP contribution in [0.15, 0.2) is 42.5 Å². The molecule has 1 heterocycles. The van der Waals surface area contributed by atoms with Crippen LogP contribution in [0.4, 0.5) is 0 Å². The van der Waals surface area contributed by atoms with Crippen LogP contribution in [0.3, 0.4) is 0 Å². The number of ether oxygens (including phenoxy) is 2. The maximum atomic E-state index is 11.8. The Morgan fingerprint density at radius 3 is 2.67 bits per heavy atom. The van der Waals surface area contributed by atoms with Gasteiger partial charge in [0.15, 0.2) is 0 Å². The number of methoxy groups -OCH3 is 2. The van der Waals surface area contributed by atoms with Gasteiger partial charge in [-0.1, -0.05) is 18.2 Å². The molecule has 1 N–H and O–H groups in total. The number of fused-ring (bicyclic) bond motifs is 1. The van der Waals surface area contributed by atoms with Crippen molar-refractivity contribution in [2.75, 3.05) is 14.2 Å². The van der Waals surface area contributed by atoms with Gasteiger partial charge in [-0.25, -0.2) is 9.78 Å². The molecule has 0 atom stereocenters. The summed E-state index contributed by atoms with van der Waals surface area (Å²) in [5.41, 5.74) is 2.64. The molecule has 0 radical (unpaired) electrons. The fourth-order valence-electron chi connectivity index (χ4n) is 2.27. The van der Waals surface area contributed by atoms with Crippen molar-refractivity contribution in [2.45, 2.75) is 0 Å². The zero-order chi connectivity index (χ0) is 14.8. The van der Waals surface area contributed by atoms with Crippen molar-refractivity contribution >= 4 is 17.0 Å². The van der Waals surface area contributed by atoms with Crippen LogP contribution >= 0.6 is 0 Å². The lowest BCUT2D eigenvalue weighted by Gasteiger charge is -2.04. The molecule has 106 valence electrons. The Labute approximate surface area is 121 Å². The van der Waals surface area contributed by atoms with Crippen LogP contribution in [0.1, 0.15) is 10.4 Å². The van der Waals surface area contributed by atoms with Crippen molar-refractivity contribution in [3.05, 3.63) is 48.0 Å². The molecule has 0 aliphatic rings. The number of aromatic amines is 1. The molecule has 0 amide bonds. The predicted octanol–water partition coefficient (Wildman–Crippen LogP) is 3.03. The number of esters is 1. The minimum Gasteiger partial charge on any atom is -0.496 e. The topological polar surface area (TPSA) is 64.2 Å². The van der Waals surface area contributed by atoms with Crippen molar-refractivity contribution in [3.63, 3.8) is 0 Å². The minimum atomic E-state index is -0.404. The minimum absolute atomic E-state index is 0.404. The van der Waals surface area contributed by atoms with E-state index in [1.165, 1.54) is 7.11 Å². The van der Waals surface area contributed by atoms with Gasteiger partial charge in [0, 0.05) is 0 Å². The maximum absolute atomic E-state index is 11.8. The summed E-state index contributed by atoms with van der Waals surface area (Å²) in [5.74, 6) is 0.966. The lowest BCUT2D eigenvalue weighted by atomic mass is 10.2. The summed E-state index contributed by atoms with van der Waals surface area (Å²) in [6, 6.07) is 12.9. The van der Waals surface area contributed by atoms with Crippen LogP contribution in [0.25, 0.3) is 22.4 Å². The van der Waals surface area contributed by atoms with Gasteiger partial charge in [-0.05, 0) is 24.3 Å². The molecule has 0 fully saturated rings. The van der Waals surface area contributed by atoms with Gasteiger partial charge in [-0.15, -0.1) is 0 Å². The van der Waals surface area contributed by atoms with E-state index in [1.54, 1.807) is 19.2 Å². The van der Waals surface area contributed by atoms with E-state index >= 15 is 0 Å². The van der Waals surface area contributed by atoms with Crippen molar-refractivity contribution < 1.29 is 14.3 Å². The van der Waals surface area contributed by atoms with Gasteiger partial charge in [-0.3, -0.25) is 0 Å². The number of aromatic nitrogens is 2. The van der Waals surface area contributed by atoms with Crippen molar-refractivity contribution in [1.29, 1.82) is 0 Å². The highest BCUT2D eigenvalue weighted by Gasteiger charge is 2.16. The fraction of sp³-hybridized carbons (Fsp3) is 0.125.